The molecule has 0 saturated carbocycles. The molecule has 2 amide bonds. The van der Waals surface area contributed by atoms with E-state index in [-0.39, 0.29) is 22.1 Å². The number of carbonyl (C=O) groups excluding carboxylic acids is 2. The number of benzene rings is 2. The van der Waals surface area contributed by atoms with E-state index in [0.29, 0.717) is 35.8 Å². The van der Waals surface area contributed by atoms with Crippen molar-refractivity contribution in [3.8, 4) is 11.5 Å². The summed E-state index contributed by atoms with van der Waals surface area (Å²) in [7, 11) is 2.93. The van der Waals surface area contributed by atoms with Gasteiger partial charge in [0.25, 0.3) is 17.5 Å². The first-order valence-corrected chi connectivity index (χ1v) is 11.1. The van der Waals surface area contributed by atoms with Gasteiger partial charge in [0.2, 0.25) is 0 Å². The van der Waals surface area contributed by atoms with Gasteiger partial charge in [-0.3, -0.25) is 25.0 Å². The summed E-state index contributed by atoms with van der Waals surface area (Å²) in [5, 5.41) is 17.1. The highest BCUT2D eigenvalue weighted by molar-refractivity contribution is 7.80. The Balaban J connectivity index is 1.82. The van der Waals surface area contributed by atoms with Crippen LogP contribution in [0.5, 0.6) is 11.5 Å². The number of hydrogen-bond acceptors (Lipinski definition) is 9. The maximum absolute atomic E-state index is 13.6. The summed E-state index contributed by atoms with van der Waals surface area (Å²) in [5.74, 6) is -0.591. The fourth-order valence-electron chi connectivity index (χ4n) is 3.97. The molecule has 182 valence electrons. The van der Waals surface area contributed by atoms with Crippen molar-refractivity contribution in [2.45, 2.75) is 0 Å². The number of nitrogens with one attached hydrogen (secondary N) is 2. The minimum absolute atomic E-state index is 0.120. The van der Waals surface area contributed by atoms with Crippen molar-refractivity contribution in [3.05, 3.63) is 57.6 Å². The van der Waals surface area contributed by atoms with Crippen LogP contribution in [0.2, 0.25) is 0 Å². The lowest BCUT2D eigenvalue weighted by Crippen LogP contribution is -2.54. The van der Waals surface area contributed by atoms with Crippen molar-refractivity contribution in [3.63, 3.8) is 0 Å². The van der Waals surface area contributed by atoms with Gasteiger partial charge in [-0.15, -0.1) is 0 Å². The van der Waals surface area contributed by atoms with Crippen molar-refractivity contribution in [1.29, 1.82) is 0 Å². The smallest absolute Gasteiger partial charge is 0.270 e. The van der Waals surface area contributed by atoms with Crippen molar-refractivity contribution in [2.75, 3.05) is 50.2 Å². The van der Waals surface area contributed by atoms with Crippen LogP contribution in [-0.4, -0.2) is 62.2 Å². The molecular formula is C23H23N5O6S. The van der Waals surface area contributed by atoms with Crippen LogP contribution in [0.25, 0.3) is 6.08 Å². The lowest BCUT2D eigenvalue weighted by molar-refractivity contribution is -0.384. The number of hydrogen-bond donors (Lipinski definition) is 2. The Labute approximate surface area is 206 Å². The van der Waals surface area contributed by atoms with E-state index in [1.54, 1.807) is 24.3 Å². The quantitative estimate of drug-likeness (QED) is 0.202. The van der Waals surface area contributed by atoms with Crippen molar-refractivity contribution < 1.29 is 24.0 Å². The Kier molecular flexibility index (Phi) is 6.94. The largest absolute Gasteiger partial charge is 0.497 e. The second-order valence-electron chi connectivity index (χ2n) is 7.73. The van der Waals surface area contributed by atoms with Gasteiger partial charge in [-0.1, -0.05) is 0 Å². The summed E-state index contributed by atoms with van der Waals surface area (Å²) in [4.78, 5) is 40.5. The Bertz CT molecular complexity index is 1240. The first-order chi connectivity index (χ1) is 16.8. The minimum atomic E-state index is -0.698. The van der Waals surface area contributed by atoms with Crippen LogP contribution >= 0.6 is 12.2 Å². The lowest BCUT2D eigenvalue weighted by atomic mass is 10.0. The topological polar surface area (TPSA) is 126 Å². The Hall–Kier alpha value is -4.03. The summed E-state index contributed by atoms with van der Waals surface area (Å²) in [5.41, 5.74) is 0.976. The van der Waals surface area contributed by atoms with Crippen LogP contribution in [0.15, 0.2) is 42.0 Å². The maximum Gasteiger partial charge on any atom is 0.270 e. The third-order valence-electron chi connectivity index (χ3n) is 5.71. The van der Waals surface area contributed by atoms with E-state index in [2.05, 4.69) is 10.6 Å². The molecule has 2 aromatic rings. The van der Waals surface area contributed by atoms with Crippen LogP contribution in [-0.2, 0) is 9.59 Å². The number of anilines is 2. The van der Waals surface area contributed by atoms with Gasteiger partial charge in [0.1, 0.15) is 17.1 Å². The van der Waals surface area contributed by atoms with Crippen molar-refractivity contribution >= 4 is 52.3 Å². The molecule has 2 aliphatic heterocycles. The highest BCUT2D eigenvalue weighted by Gasteiger charge is 2.36. The fourth-order valence-corrected chi connectivity index (χ4v) is 4.24. The number of amides is 2. The van der Waals surface area contributed by atoms with Crippen LogP contribution in [0, 0.1) is 10.1 Å². The molecule has 11 nitrogen and oxygen atoms in total. The zero-order valence-corrected chi connectivity index (χ0v) is 19.9. The highest BCUT2D eigenvalue weighted by Crippen LogP contribution is 2.35. The number of thiocarbonyl (C=S) groups is 1. The molecule has 4 rings (SSSR count). The van der Waals surface area contributed by atoms with Crippen LogP contribution in [0.3, 0.4) is 0 Å². The van der Waals surface area contributed by atoms with Crippen LogP contribution < -0.4 is 29.9 Å². The summed E-state index contributed by atoms with van der Waals surface area (Å²) in [6.45, 7) is 2.82. The van der Waals surface area contributed by atoms with E-state index in [9.17, 15) is 19.7 Å². The molecule has 35 heavy (non-hydrogen) atoms. The summed E-state index contributed by atoms with van der Waals surface area (Å²) in [6, 6.07) is 9.25. The Morgan fingerprint density at radius 1 is 1.06 bits per heavy atom. The monoisotopic (exact) mass is 497 g/mol. The van der Waals surface area contributed by atoms with Crippen molar-refractivity contribution in [2.24, 2.45) is 0 Å². The molecule has 0 unspecified atom stereocenters. The molecule has 0 aliphatic carbocycles. The predicted molar refractivity (Wildman–Crippen MR) is 134 cm³/mol. The van der Waals surface area contributed by atoms with E-state index >= 15 is 0 Å². The number of nitrogens with zero attached hydrogens (tertiary/aromatic N) is 3. The molecule has 2 saturated heterocycles. The second-order valence-corrected chi connectivity index (χ2v) is 8.12. The molecular weight excluding hydrogens is 474 g/mol. The standard InChI is InChI=1S/C23H23N5O6S/c1-33-16-4-6-20(34-2)19(13-16)27-22(30)17(21(29)25-23(27)35)12-14-11-15(28(31)32)3-5-18(14)26-9-7-24-8-10-26/h3-6,11-13,24H,7-10H2,1-2H3,(H,25,29,35)/b17-12-. The SMILES string of the molecule is COc1ccc(OC)c(N2C(=O)/C(=C\c3cc([N+](=O)[O-])ccc3N3CCNCC3)C(=O)NC2=S)c1. The molecule has 2 aromatic carbocycles. The molecule has 2 N–H and O–H groups in total. The average Bonchev–Trinajstić information content (AvgIpc) is 2.86. The molecule has 0 bridgehead atoms. The summed E-state index contributed by atoms with van der Waals surface area (Å²) >= 11 is 5.30. The van der Waals surface area contributed by atoms with Gasteiger partial charge in [0.05, 0.1) is 24.8 Å². The van der Waals surface area contributed by atoms with Gasteiger partial charge in [-0.2, -0.15) is 0 Å². The molecule has 2 aliphatic rings. The molecule has 0 aromatic heterocycles. The van der Waals surface area contributed by atoms with E-state index in [1.807, 2.05) is 4.90 Å². The number of ether oxygens (including phenoxy) is 2. The zero-order valence-electron chi connectivity index (χ0n) is 19.1. The first kappa shape index (κ1) is 24.1. The van der Waals surface area contributed by atoms with E-state index in [0.717, 1.165) is 18.0 Å². The maximum atomic E-state index is 13.6. The minimum Gasteiger partial charge on any atom is -0.497 e. The van der Waals surface area contributed by atoms with Gasteiger partial charge in [-0.25, -0.2) is 4.90 Å². The van der Waals surface area contributed by atoms with Crippen LogP contribution in [0.1, 0.15) is 5.56 Å². The van der Waals surface area contributed by atoms with Gasteiger partial charge >= 0.3 is 0 Å². The Morgan fingerprint density at radius 2 is 1.80 bits per heavy atom. The number of piperazine rings is 1. The number of methoxy groups -OCH3 is 2. The third-order valence-corrected chi connectivity index (χ3v) is 5.99. The second kappa shape index (κ2) is 10.1. The lowest BCUT2D eigenvalue weighted by Gasteiger charge is -2.32. The van der Waals surface area contributed by atoms with Crippen molar-refractivity contribution in [1.82, 2.24) is 10.6 Å². The number of nitro benzene ring substituents is 1. The zero-order chi connectivity index (χ0) is 25.1. The predicted octanol–water partition coefficient (Wildman–Crippen LogP) is 1.85. The number of rotatable bonds is 6. The normalized spacial score (nSPS) is 17.4. The Morgan fingerprint density at radius 3 is 2.46 bits per heavy atom. The van der Waals surface area contributed by atoms with Gasteiger partial charge < -0.3 is 19.7 Å². The first-order valence-electron chi connectivity index (χ1n) is 10.7. The van der Waals surface area contributed by atoms with E-state index in [1.165, 1.54) is 32.4 Å². The molecule has 2 heterocycles. The number of non-ortho nitro benzene ring substituents is 1. The number of nitro groups is 1. The third kappa shape index (κ3) is 4.79. The number of carbonyl (C=O) groups is 2. The average molecular weight is 498 g/mol. The molecule has 0 atom stereocenters. The van der Waals surface area contributed by atoms with Crippen LogP contribution in [0.4, 0.5) is 17.1 Å². The van der Waals surface area contributed by atoms with Gasteiger partial charge in [0, 0.05) is 55.6 Å². The summed E-state index contributed by atoms with van der Waals surface area (Å²) < 4.78 is 10.7. The van der Waals surface area contributed by atoms with E-state index < -0.39 is 16.7 Å². The highest BCUT2D eigenvalue weighted by atomic mass is 32.1. The van der Waals surface area contributed by atoms with Gasteiger partial charge in [-0.05, 0) is 36.5 Å². The van der Waals surface area contributed by atoms with E-state index in [4.69, 9.17) is 21.7 Å². The fraction of sp³-hybridized carbons (Fsp3) is 0.261. The van der Waals surface area contributed by atoms with Gasteiger partial charge in [0.15, 0.2) is 5.11 Å². The molecule has 0 spiro atoms. The molecule has 0 radical (unpaired) electrons. The molecule has 12 heteroatoms. The molecule has 2 fully saturated rings. The summed E-state index contributed by atoms with van der Waals surface area (Å²) in [6.07, 6.45) is 1.36.